The second-order valence-corrected chi connectivity index (χ2v) is 8.20. The van der Waals surface area contributed by atoms with Crippen molar-refractivity contribution in [3.8, 4) is 0 Å². The quantitative estimate of drug-likeness (QED) is 0.805. The van der Waals surface area contributed by atoms with Crippen molar-refractivity contribution in [3.05, 3.63) is 27.4 Å². The van der Waals surface area contributed by atoms with Crippen LogP contribution in [0.15, 0.2) is 4.79 Å². The molecule has 1 aliphatic carbocycles. The Kier molecular flexibility index (Phi) is 5.32. The van der Waals surface area contributed by atoms with Gasteiger partial charge in [0.2, 0.25) is 5.91 Å². The number of ether oxygens (including phenoxy) is 1. The molecule has 4 atom stereocenters. The number of nitrogens with zero attached hydrogens (tertiary/aromatic N) is 2. The van der Waals surface area contributed by atoms with Crippen LogP contribution in [0.4, 0.5) is 0 Å². The van der Waals surface area contributed by atoms with Crippen molar-refractivity contribution in [2.45, 2.75) is 70.6 Å². The Morgan fingerprint density at radius 2 is 2.07 bits per heavy atom. The fourth-order valence-corrected chi connectivity index (χ4v) is 5.14. The summed E-state index contributed by atoms with van der Waals surface area (Å²) in [6.07, 6.45) is 6.14. The van der Waals surface area contributed by atoms with Crippen molar-refractivity contribution in [2.24, 2.45) is 5.92 Å². The molecule has 2 saturated heterocycles. The molecular formula is C20H30N4O3. The highest BCUT2D eigenvalue weighted by atomic mass is 16.5. The number of amides is 1. The number of hydrogen-bond acceptors (Lipinski definition) is 5. The predicted octanol–water partition coefficient (Wildman–Crippen LogP) is 1.08. The van der Waals surface area contributed by atoms with Gasteiger partial charge in [-0.2, -0.15) is 4.98 Å². The minimum atomic E-state index is -0.329. The third kappa shape index (κ3) is 3.67. The molecule has 1 amide bonds. The summed E-state index contributed by atoms with van der Waals surface area (Å²) in [5, 5.41) is 3.30. The molecule has 0 bridgehead atoms. The number of aromatic amines is 1. The summed E-state index contributed by atoms with van der Waals surface area (Å²) >= 11 is 0. The normalized spacial score (nSPS) is 30.6. The molecule has 3 aliphatic rings. The second kappa shape index (κ2) is 7.72. The molecule has 27 heavy (non-hydrogen) atoms. The lowest BCUT2D eigenvalue weighted by molar-refractivity contribution is -0.130. The molecule has 2 N–H and O–H groups in total. The number of piperidine rings is 1. The van der Waals surface area contributed by atoms with Gasteiger partial charge in [-0.05, 0) is 58.2 Å². The summed E-state index contributed by atoms with van der Waals surface area (Å²) in [4.78, 5) is 33.3. The van der Waals surface area contributed by atoms with Crippen molar-refractivity contribution < 1.29 is 9.53 Å². The largest absolute Gasteiger partial charge is 0.376 e. The molecule has 1 aromatic heterocycles. The van der Waals surface area contributed by atoms with Gasteiger partial charge in [0.05, 0.1) is 18.2 Å². The third-order valence-electron chi connectivity index (χ3n) is 6.54. The van der Waals surface area contributed by atoms with Gasteiger partial charge in [-0.1, -0.05) is 6.42 Å². The molecule has 1 aromatic rings. The van der Waals surface area contributed by atoms with Crippen molar-refractivity contribution in [2.75, 3.05) is 19.7 Å². The maximum Gasteiger partial charge on any atom is 0.345 e. The molecule has 0 spiro atoms. The predicted molar refractivity (Wildman–Crippen MR) is 102 cm³/mol. The van der Waals surface area contributed by atoms with Crippen molar-refractivity contribution in [3.63, 3.8) is 0 Å². The second-order valence-electron chi connectivity index (χ2n) is 8.20. The molecule has 0 radical (unpaired) electrons. The van der Waals surface area contributed by atoms with Gasteiger partial charge >= 0.3 is 5.69 Å². The number of aryl methyl sites for hydroxylation is 2. The Balaban J connectivity index is 1.37. The Morgan fingerprint density at radius 3 is 2.81 bits per heavy atom. The van der Waals surface area contributed by atoms with E-state index in [0.717, 1.165) is 37.4 Å². The van der Waals surface area contributed by atoms with Crippen LogP contribution in [0.1, 0.15) is 49.1 Å². The van der Waals surface area contributed by atoms with E-state index in [4.69, 9.17) is 4.74 Å². The minimum absolute atomic E-state index is 0.0809. The molecule has 148 valence electrons. The molecule has 3 fully saturated rings. The minimum Gasteiger partial charge on any atom is -0.376 e. The van der Waals surface area contributed by atoms with E-state index in [0.29, 0.717) is 36.6 Å². The lowest BCUT2D eigenvalue weighted by Gasteiger charge is -2.53. The van der Waals surface area contributed by atoms with Gasteiger partial charge in [0.1, 0.15) is 0 Å². The van der Waals surface area contributed by atoms with E-state index in [-0.39, 0.29) is 17.6 Å². The van der Waals surface area contributed by atoms with E-state index in [2.05, 4.69) is 20.2 Å². The third-order valence-corrected chi connectivity index (χ3v) is 6.54. The average molecular weight is 374 g/mol. The number of rotatable bonds is 5. The number of nitrogens with one attached hydrogen (secondary N) is 2. The first kappa shape index (κ1) is 18.6. The molecule has 0 unspecified atom stereocenters. The maximum atomic E-state index is 12.7. The number of hydrogen-bond donors (Lipinski definition) is 2. The number of carbonyl (C=O) groups is 1. The van der Waals surface area contributed by atoms with E-state index in [1.54, 1.807) is 0 Å². The van der Waals surface area contributed by atoms with Gasteiger partial charge in [0, 0.05) is 30.3 Å². The highest BCUT2D eigenvalue weighted by molar-refractivity contribution is 5.77. The van der Waals surface area contributed by atoms with E-state index >= 15 is 0 Å². The van der Waals surface area contributed by atoms with Crippen LogP contribution in [-0.2, 0) is 16.0 Å². The summed E-state index contributed by atoms with van der Waals surface area (Å²) < 4.78 is 5.97. The van der Waals surface area contributed by atoms with Crippen molar-refractivity contribution >= 4 is 5.91 Å². The fraction of sp³-hybridized carbons (Fsp3) is 0.750. The lowest BCUT2D eigenvalue weighted by atomic mass is 9.70. The summed E-state index contributed by atoms with van der Waals surface area (Å²) in [5.41, 5.74) is 2.15. The van der Waals surface area contributed by atoms with Gasteiger partial charge in [-0.25, -0.2) is 4.79 Å². The summed E-state index contributed by atoms with van der Waals surface area (Å²) in [6, 6.07) is 0.541. The number of H-pyrrole nitrogens is 1. The van der Waals surface area contributed by atoms with Gasteiger partial charge in [-0.15, -0.1) is 0 Å². The van der Waals surface area contributed by atoms with Gasteiger partial charge in [0.15, 0.2) is 0 Å². The number of fused-ring (bicyclic) bond motifs is 1. The first-order valence-electron chi connectivity index (χ1n) is 10.3. The molecule has 2 aliphatic heterocycles. The summed E-state index contributed by atoms with van der Waals surface area (Å²) in [5.74, 6) is 0.538. The standard InChI is InChI=1S/C20H30N4O3/c1-12-14(13(2)22-20(26)21-12)6-7-16(25)23-17-15-8-11-27-19(15)18(17)24-9-4-3-5-10-24/h15,17-19H,3-11H2,1-2H3,(H,23,25)(H,21,22,26)/t15-,17+,18-,19-/m1/s1. The van der Waals surface area contributed by atoms with Crippen LogP contribution in [0.3, 0.4) is 0 Å². The first-order chi connectivity index (χ1) is 13.0. The molecule has 4 rings (SSSR count). The molecular weight excluding hydrogens is 344 g/mol. The Hall–Kier alpha value is -1.73. The average Bonchev–Trinajstić information content (AvgIpc) is 3.03. The van der Waals surface area contributed by atoms with E-state index in [1.807, 2.05) is 13.8 Å². The van der Waals surface area contributed by atoms with Crippen LogP contribution < -0.4 is 11.0 Å². The Morgan fingerprint density at radius 1 is 1.30 bits per heavy atom. The Bertz CT molecular complexity index is 730. The number of likely N-dealkylation sites (tertiary alicyclic amines) is 1. The van der Waals surface area contributed by atoms with Crippen LogP contribution in [0.25, 0.3) is 0 Å². The molecule has 3 heterocycles. The summed E-state index contributed by atoms with van der Waals surface area (Å²) in [6.45, 7) is 6.74. The maximum absolute atomic E-state index is 12.7. The van der Waals surface area contributed by atoms with Crippen LogP contribution in [0.2, 0.25) is 0 Å². The number of carbonyl (C=O) groups excluding carboxylic acids is 1. The smallest absolute Gasteiger partial charge is 0.345 e. The van der Waals surface area contributed by atoms with E-state index in [1.165, 1.54) is 19.3 Å². The van der Waals surface area contributed by atoms with E-state index in [9.17, 15) is 9.59 Å². The highest BCUT2D eigenvalue weighted by Gasteiger charge is 2.56. The van der Waals surface area contributed by atoms with Gasteiger partial charge < -0.3 is 15.0 Å². The van der Waals surface area contributed by atoms with Crippen LogP contribution in [0.5, 0.6) is 0 Å². The zero-order valence-electron chi connectivity index (χ0n) is 16.3. The lowest BCUT2D eigenvalue weighted by Crippen LogP contribution is -2.71. The topological polar surface area (TPSA) is 87.3 Å². The Labute approximate surface area is 159 Å². The fourth-order valence-electron chi connectivity index (χ4n) is 5.14. The molecule has 7 nitrogen and oxygen atoms in total. The zero-order valence-corrected chi connectivity index (χ0v) is 16.3. The van der Waals surface area contributed by atoms with Crippen molar-refractivity contribution in [1.29, 1.82) is 0 Å². The SMILES string of the molecule is Cc1nc(=O)[nH]c(C)c1CCC(=O)N[C@H]1[C@H]2CCO[C@H]2[C@@H]1N1CCCCC1. The van der Waals surface area contributed by atoms with Crippen molar-refractivity contribution in [1.82, 2.24) is 20.2 Å². The molecule has 1 saturated carbocycles. The summed E-state index contributed by atoms with van der Waals surface area (Å²) in [7, 11) is 0. The van der Waals surface area contributed by atoms with Crippen LogP contribution in [0, 0.1) is 19.8 Å². The van der Waals surface area contributed by atoms with Gasteiger partial charge in [-0.3, -0.25) is 9.69 Å². The monoisotopic (exact) mass is 374 g/mol. The van der Waals surface area contributed by atoms with E-state index < -0.39 is 0 Å². The molecule has 7 heteroatoms. The highest BCUT2D eigenvalue weighted by Crippen LogP contribution is 2.42. The van der Waals surface area contributed by atoms with Crippen LogP contribution >= 0.6 is 0 Å². The first-order valence-corrected chi connectivity index (χ1v) is 10.3. The van der Waals surface area contributed by atoms with Gasteiger partial charge in [0.25, 0.3) is 0 Å². The van der Waals surface area contributed by atoms with Crippen LogP contribution in [-0.4, -0.2) is 58.7 Å². The molecule has 0 aromatic carbocycles. The zero-order chi connectivity index (χ0) is 19.0. The number of aromatic nitrogens is 2.